The molecule has 0 saturated heterocycles. The summed E-state index contributed by atoms with van der Waals surface area (Å²) in [6, 6.07) is 7.72. The van der Waals surface area contributed by atoms with Crippen molar-refractivity contribution in [3.05, 3.63) is 46.6 Å². The maximum absolute atomic E-state index is 5.86. The SMILES string of the molecule is CCc1nnc(C(CN)Cc2ccc(Cl)cc2)o1. The lowest BCUT2D eigenvalue weighted by atomic mass is 9.99. The fourth-order valence-corrected chi connectivity index (χ4v) is 1.88. The first-order valence-electron chi connectivity index (χ1n) is 5.99. The van der Waals surface area contributed by atoms with Crippen molar-refractivity contribution in [2.45, 2.75) is 25.7 Å². The molecule has 1 unspecified atom stereocenters. The Bertz CT molecular complexity index is 495. The molecule has 2 rings (SSSR count). The van der Waals surface area contributed by atoms with E-state index in [-0.39, 0.29) is 5.92 Å². The van der Waals surface area contributed by atoms with Gasteiger partial charge in [0, 0.05) is 18.0 Å². The molecule has 0 aliphatic rings. The van der Waals surface area contributed by atoms with Crippen LogP contribution in [0.15, 0.2) is 28.7 Å². The lowest BCUT2D eigenvalue weighted by Crippen LogP contribution is -2.15. The van der Waals surface area contributed by atoms with E-state index in [1.807, 2.05) is 31.2 Å². The van der Waals surface area contributed by atoms with E-state index < -0.39 is 0 Å². The minimum absolute atomic E-state index is 0.0546. The smallest absolute Gasteiger partial charge is 0.221 e. The predicted molar refractivity (Wildman–Crippen MR) is 70.6 cm³/mol. The normalized spacial score (nSPS) is 12.6. The molecule has 5 heteroatoms. The molecule has 18 heavy (non-hydrogen) atoms. The molecule has 0 radical (unpaired) electrons. The zero-order chi connectivity index (χ0) is 13.0. The Hall–Kier alpha value is -1.39. The average Bonchev–Trinajstić information content (AvgIpc) is 2.87. The van der Waals surface area contributed by atoms with Crippen LogP contribution in [0.1, 0.15) is 30.2 Å². The zero-order valence-electron chi connectivity index (χ0n) is 10.3. The van der Waals surface area contributed by atoms with E-state index >= 15 is 0 Å². The molecule has 0 aliphatic heterocycles. The van der Waals surface area contributed by atoms with E-state index in [2.05, 4.69) is 10.2 Å². The average molecular weight is 266 g/mol. The van der Waals surface area contributed by atoms with Crippen molar-refractivity contribution in [2.75, 3.05) is 6.54 Å². The van der Waals surface area contributed by atoms with E-state index in [0.717, 1.165) is 23.4 Å². The Morgan fingerprint density at radius 1 is 1.28 bits per heavy atom. The molecule has 1 aromatic heterocycles. The molecule has 0 saturated carbocycles. The zero-order valence-corrected chi connectivity index (χ0v) is 11.0. The molecule has 2 N–H and O–H groups in total. The van der Waals surface area contributed by atoms with Crippen LogP contribution in [-0.4, -0.2) is 16.7 Å². The topological polar surface area (TPSA) is 64.9 Å². The number of rotatable bonds is 5. The molecule has 0 amide bonds. The summed E-state index contributed by atoms with van der Waals surface area (Å²) in [6.45, 7) is 2.46. The van der Waals surface area contributed by atoms with Crippen molar-refractivity contribution >= 4 is 11.6 Å². The highest BCUT2D eigenvalue weighted by atomic mass is 35.5. The van der Waals surface area contributed by atoms with Gasteiger partial charge in [0.15, 0.2) is 0 Å². The van der Waals surface area contributed by atoms with Crippen LogP contribution in [0, 0.1) is 0 Å². The maximum atomic E-state index is 5.86. The molecule has 0 spiro atoms. The lowest BCUT2D eigenvalue weighted by molar-refractivity contribution is 0.417. The Balaban J connectivity index is 2.11. The van der Waals surface area contributed by atoms with E-state index in [1.165, 1.54) is 0 Å². The van der Waals surface area contributed by atoms with E-state index in [9.17, 15) is 0 Å². The summed E-state index contributed by atoms with van der Waals surface area (Å²) >= 11 is 5.86. The van der Waals surface area contributed by atoms with Crippen molar-refractivity contribution in [3.63, 3.8) is 0 Å². The van der Waals surface area contributed by atoms with Crippen molar-refractivity contribution in [2.24, 2.45) is 5.73 Å². The summed E-state index contributed by atoms with van der Waals surface area (Å²) in [5, 5.41) is 8.75. The summed E-state index contributed by atoms with van der Waals surface area (Å²) < 4.78 is 5.55. The molecule has 2 aromatic rings. The van der Waals surface area contributed by atoms with Crippen LogP contribution in [0.3, 0.4) is 0 Å². The summed E-state index contributed by atoms with van der Waals surface area (Å²) in [5.41, 5.74) is 6.94. The van der Waals surface area contributed by atoms with Gasteiger partial charge in [0.2, 0.25) is 11.8 Å². The minimum atomic E-state index is 0.0546. The molecule has 1 atom stereocenters. The third-order valence-electron chi connectivity index (χ3n) is 2.81. The van der Waals surface area contributed by atoms with Gasteiger partial charge in [0.05, 0.1) is 5.92 Å². The van der Waals surface area contributed by atoms with Crippen molar-refractivity contribution < 1.29 is 4.42 Å². The Morgan fingerprint density at radius 3 is 2.56 bits per heavy atom. The second-order valence-corrected chi connectivity index (χ2v) is 4.59. The maximum Gasteiger partial charge on any atom is 0.221 e. The summed E-state index contributed by atoms with van der Waals surface area (Å²) in [5.74, 6) is 1.32. The largest absolute Gasteiger partial charge is 0.425 e. The van der Waals surface area contributed by atoms with Crippen LogP contribution in [0.25, 0.3) is 0 Å². The number of hydrogen-bond acceptors (Lipinski definition) is 4. The van der Waals surface area contributed by atoms with Gasteiger partial charge in [-0.2, -0.15) is 0 Å². The second-order valence-electron chi connectivity index (χ2n) is 4.15. The highest BCUT2D eigenvalue weighted by molar-refractivity contribution is 6.30. The number of nitrogens with zero attached hydrogens (tertiary/aromatic N) is 2. The molecule has 4 nitrogen and oxygen atoms in total. The Labute approximate surface area is 111 Å². The minimum Gasteiger partial charge on any atom is -0.425 e. The molecule has 0 fully saturated rings. The number of nitrogens with two attached hydrogens (primary N) is 1. The van der Waals surface area contributed by atoms with Gasteiger partial charge >= 0.3 is 0 Å². The third-order valence-corrected chi connectivity index (χ3v) is 3.07. The van der Waals surface area contributed by atoms with Gasteiger partial charge in [0.25, 0.3) is 0 Å². The van der Waals surface area contributed by atoms with E-state index in [0.29, 0.717) is 18.3 Å². The van der Waals surface area contributed by atoms with E-state index in [4.69, 9.17) is 21.8 Å². The first-order chi connectivity index (χ1) is 8.72. The first-order valence-corrected chi connectivity index (χ1v) is 6.37. The molecule has 0 aliphatic carbocycles. The highest BCUT2D eigenvalue weighted by Gasteiger charge is 2.17. The van der Waals surface area contributed by atoms with Gasteiger partial charge in [0.1, 0.15) is 0 Å². The van der Waals surface area contributed by atoms with E-state index in [1.54, 1.807) is 0 Å². The molecule has 1 aromatic carbocycles. The van der Waals surface area contributed by atoms with Crippen LogP contribution < -0.4 is 5.73 Å². The van der Waals surface area contributed by atoms with Gasteiger partial charge in [-0.25, -0.2) is 0 Å². The van der Waals surface area contributed by atoms with Crippen molar-refractivity contribution in [3.8, 4) is 0 Å². The van der Waals surface area contributed by atoms with Gasteiger partial charge in [-0.3, -0.25) is 0 Å². The Morgan fingerprint density at radius 2 is 2.00 bits per heavy atom. The lowest BCUT2D eigenvalue weighted by Gasteiger charge is -2.10. The molecule has 0 bridgehead atoms. The van der Waals surface area contributed by atoms with Crippen LogP contribution >= 0.6 is 11.6 Å². The van der Waals surface area contributed by atoms with Crippen LogP contribution in [0.2, 0.25) is 5.02 Å². The van der Waals surface area contributed by atoms with Crippen molar-refractivity contribution in [1.29, 1.82) is 0 Å². The molecular weight excluding hydrogens is 250 g/mol. The van der Waals surface area contributed by atoms with Gasteiger partial charge in [-0.1, -0.05) is 30.7 Å². The number of aromatic nitrogens is 2. The fraction of sp³-hybridized carbons (Fsp3) is 0.385. The summed E-state index contributed by atoms with van der Waals surface area (Å²) in [4.78, 5) is 0. The summed E-state index contributed by atoms with van der Waals surface area (Å²) in [7, 11) is 0. The second kappa shape index (κ2) is 5.98. The third kappa shape index (κ3) is 3.09. The van der Waals surface area contributed by atoms with Gasteiger partial charge < -0.3 is 10.2 Å². The number of aryl methyl sites for hydroxylation is 1. The van der Waals surface area contributed by atoms with Gasteiger partial charge in [-0.15, -0.1) is 10.2 Å². The predicted octanol–water partition coefficient (Wildman–Crippen LogP) is 2.57. The highest BCUT2D eigenvalue weighted by Crippen LogP contribution is 2.20. The number of hydrogen-bond donors (Lipinski definition) is 1. The number of halogens is 1. The first kappa shape index (κ1) is 13.1. The van der Waals surface area contributed by atoms with Gasteiger partial charge in [-0.05, 0) is 24.1 Å². The Kier molecular flexibility index (Phi) is 4.33. The monoisotopic (exact) mass is 265 g/mol. The van der Waals surface area contributed by atoms with Crippen LogP contribution in [-0.2, 0) is 12.8 Å². The van der Waals surface area contributed by atoms with Crippen LogP contribution in [0.5, 0.6) is 0 Å². The molecule has 96 valence electrons. The van der Waals surface area contributed by atoms with Crippen LogP contribution in [0.4, 0.5) is 0 Å². The standard InChI is InChI=1S/C13H16ClN3O/c1-2-12-16-17-13(18-12)10(8-15)7-9-3-5-11(14)6-4-9/h3-6,10H,2,7-8,15H2,1H3. The molecular formula is C13H16ClN3O. The quantitative estimate of drug-likeness (QED) is 0.902. The summed E-state index contributed by atoms with van der Waals surface area (Å²) in [6.07, 6.45) is 1.52. The fourth-order valence-electron chi connectivity index (χ4n) is 1.75. The molecule has 1 heterocycles. The van der Waals surface area contributed by atoms with Crippen molar-refractivity contribution in [1.82, 2.24) is 10.2 Å². The number of benzene rings is 1.